The molecule has 6 N–H and O–H groups in total. The molecule has 0 saturated heterocycles. The number of nitrogens with one attached hydrogen (secondary N) is 1. The van der Waals surface area contributed by atoms with Gasteiger partial charge >= 0.3 is 17.9 Å². The number of carboxylic acids is 3. The van der Waals surface area contributed by atoms with Crippen LogP contribution in [0.25, 0.3) is 0 Å². The fraction of sp³-hybridized carbons (Fsp3) is 0.533. The summed E-state index contributed by atoms with van der Waals surface area (Å²) in [6.45, 7) is -0.212. The Labute approximate surface area is 156 Å². The van der Waals surface area contributed by atoms with Crippen molar-refractivity contribution in [3.63, 3.8) is 0 Å². The second kappa shape index (κ2) is 14.4. The number of aliphatic carboxylic acids is 3. The highest BCUT2D eigenvalue weighted by Gasteiger charge is 2.17. The molecule has 0 aliphatic carbocycles. The monoisotopic (exact) mass is 390 g/mol. The minimum absolute atomic E-state index is 0.0619. The maximum Gasteiger partial charge on any atom is 0.317 e. The van der Waals surface area contributed by atoms with Crippen LogP contribution in [0.3, 0.4) is 0 Å². The number of hydrogen-bond donors (Lipinski definition) is 6. The van der Waals surface area contributed by atoms with Gasteiger partial charge in [0.1, 0.15) is 0 Å². The predicted octanol–water partition coefficient (Wildman–Crippen LogP) is -1.25. The molecule has 0 fully saturated rings. The molecule has 0 radical (unpaired) electrons. The summed E-state index contributed by atoms with van der Waals surface area (Å²) in [7, 11) is 0. The van der Waals surface area contributed by atoms with Gasteiger partial charge in [0, 0.05) is 38.9 Å². The van der Waals surface area contributed by atoms with Crippen LogP contribution >= 0.6 is 0 Å². The average molecular weight is 390 g/mol. The maximum atomic E-state index is 11.0. The molecule has 0 aromatic rings. The summed E-state index contributed by atoms with van der Waals surface area (Å²) < 4.78 is 0. The Morgan fingerprint density at radius 1 is 0.741 bits per heavy atom. The molecule has 154 valence electrons. The van der Waals surface area contributed by atoms with Crippen molar-refractivity contribution in [2.45, 2.75) is 0 Å². The first-order valence-corrected chi connectivity index (χ1v) is 7.98. The molecule has 0 heterocycles. The number of hydrazine groups is 1. The highest BCUT2D eigenvalue weighted by molar-refractivity contribution is 5.72. The lowest BCUT2D eigenvalue weighted by atomic mass is 10.3. The summed E-state index contributed by atoms with van der Waals surface area (Å²) in [5.41, 5.74) is 2.73. The second-order valence-electron chi connectivity index (χ2n) is 5.44. The van der Waals surface area contributed by atoms with E-state index in [1.54, 1.807) is 5.01 Å². The standard InChI is InChI=1S/C15H26N4O8/c20-8-1-3-19(16-2-9-21)7-6-17(10-13(22)23)4-5-18(11-14(24)25)12-15(26)27/h1-2,8-9,16,20-21H,3-7,10-12H2,(H,22,23)(H,24,25)(H,26,27)/b8-1+,9-2+. The molecule has 0 aromatic heterocycles. The van der Waals surface area contributed by atoms with Crippen LogP contribution in [-0.4, -0.2) is 111 Å². The van der Waals surface area contributed by atoms with E-state index in [-0.39, 0.29) is 32.7 Å². The SMILES string of the molecule is O=C(O)CN(CCN(CC(=O)O)CC(=O)O)CCN(C/C=C/O)N/C=C/O. The van der Waals surface area contributed by atoms with E-state index in [1.165, 1.54) is 22.1 Å². The van der Waals surface area contributed by atoms with E-state index in [0.717, 1.165) is 12.5 Å². The molecule has 0 aliphatic heterocycles. The molecule has 0 rings (SSSR count). The van der Waals surface area contributed by atoms with Crippen LogP contribution in [0.15, 0.2) is 24.8 Å². The van der Waals surface area contributed by atoms with Gasteiger partial charge in [0.2, 0.25) is 0 Å². The Kier molecular flexibility index (Phi) is 12.8. The molecule has 0 amide bonds. The first kappa shape index (κ1) is 24.2. The van der Waals surface area contributed by atoms with E-state index in [4.69, 9.17) is 25.5 Å². The number of carboxylic acid groups (broad SMARTS) is 3. The lowest BCUT2D eigenvalue weighted by Gasteiger charge is -2.27. The Hall–Kier alpha value is -2.83. The van der Waals surface area contributed by atoms with Gasteiger partial charge in [0.25, 0.3) is 0 Å². The maximum absolute atomic E-state index is 11.0. The van der Waals surface area contributed by atoms with Gasteiger partial charge in [-0.25, -0.2) is 5.01 Å². The molecule has 0 bridgehead atoms. The van der Waals surface area contributed by atoms with Gasteiger partial charge in [0.15, 0.2) is 0 Å². The molecule has 0 saturated carbocycles. The van der Waals surface area contributed by atoms with Crippen molar-refractivity contribution in [3.8, 4) is 0 Å². The zero-order chi connectivity index (χ0) is 20.7. The third kappa shape index (κ3) is 14.1. The van der Waals surface area contributed by atoms with E-state index < -0.39 is 31.0 Å². The normalized spacial score (nSPS) is 11.8. The van der Waals surface area contributed by atoms with Crippen molar-refractivity contribution in [3.05, 3.63) is 24.8 Å². The minimum Gasteiger partial charge on any atom is -0.516 e. The number of hydrogen-bond acceptors (Lipinski definition) is 9. The Balaban J connectivity index is 4.79. The third-order valence-corrected chi connectivity index (χ3v) is 3.26. The summed E-state index contributed by atoms with van der Waals surface area (Å²) in [6, 6.07) is 0. The van der Waals surface area contributed by atoms with E-state index in [1.807, 2.05) is 0 Å². The molecule has 0 aromatic carbocycles. The lowest BCUT2D eigenvalue weighted by Crippen LogP contribution is -2.45. The second-order valence-corrected chi connectivity index (χ2v) is 5.44. The summed E-state index contributed by atoms with van der Waals surface area (Å²) in [4.78, 5) is 35.4. The van der Waals surface area contributed by atoms with Crippen LogP contribution in [0, 0.1) is 0 Å². The summed E-state index contributed by atoms with van der Waals surface area (Å²) >= 11 is 0. The fourth-order valence-electron chi connectivity index (χ4n) is 2.12. The number of aliphatic hydroxyl groups is 2. The fourth-order valence-corrected chi connectivity index (χ4v) is 2.12. The van der Waals surface area contributed by atoms with E-state index in [2.05, 4.69) is 5.43 Å². The van der Waals surface area contributed by atoms with Crippen LogP contribution in [-0.2, 0) is 14.4 Å². The predicted molar refractivity (Wildman–Crippen MR) is 94.0 cm³/mol. The highest BCUT2D eigenvalue weighted by atomic mass is 16.4. The summed E-state index contributed by atoms with van der Waals surface area (Å²) in [5.74, 6) is -3.44. The number of nitrogens with zero attached hydrogens (tertiary/aromatic N) is 3. The van der Waals surface area contributed by atoms with Crippen molar-refractivity contribution in [2.75, 3.05) is 52.4 Å². The Morgan fingerprint density at radius 3 is 1.70 bits per heavy atom. The van der Waals surface area contributed by atoms with Crippen LogP contribution in [0.2, 0.25) is 0 Å². The van der Waals surface area contributed by atoms with Crippen LogP contribution in [0.4, 0.5) is 0 Å². The molecular weight excluding hydrogens is 364 g/mol. The van der Waals surface area contributed by atoms with Gasteiger partial charge in [-0.2, -0.15) is 0 Å². The van der Waals surface area contributed by atoms with Crippen molar-refractivity contribution < 1.29 is 39.9 Å². The van der Waals surface area contributed by atoms with Gasteiger partial charge in [-0.15, -0.1) is 0 Å². The van der Waals surface area contributed by atoms with Crippen molar-refractivity contribution in [2.24, 2.45) is 0 Å². The zero-order valence-corrected chi connectivity index (χ0v) is 14.8. The molecule has 12 heteroatoms. The van der Waals surface area contributed by atoms with Gasteiger partial charge < -0.3 is 31.0 Å². The topological polar surface area (TPSA) is 174 Å². The lowest BCUT2D eigenvalue weighted by molar-refractivity contribution is -0.143. The van der Waals surface area contributed by atoms with Crippen LogP contribution in [0.5, 0.6) is 0 Å². The summed E-state index contributed by atoms with van der Waals surface area (Å²) in [5, 5.41) is 45.7. The highest BCUT2D eigenvalue weighted by Crippen LogP contribution is 1.96. The van der Waals surface area contributed by atoms with Gasteiger partial charge in [0.05, 0.1) is 32.2 Å². The quantitative estimate of drug-likeness (QED) is 0.137. The van der Waals surface area contributed by atoms with Crippen LogP contribution in [0.1, 0.15) is 0 Å². The number of aliphatic hydroxyl groups excluding tert-OH is 2. The first-order chi connectivity index (χ1) is 12.8. The van der Waals surface area contributed by atoms with Gasteiger partial charge in [-0.1, -0.05) is 0 Å². The molecule has 0 unspecified atom stereocenters. The van der Waals surface area contributed by atoms with Crippen molar-refractivity contribution in [1.82, 2.24) is 20.2 Å². The third-order valence-electron chi connectivity index (χ3n) is 3.26. The van der Waals surface area contributed by atoms with E-state index in [9.17, 15) is 14.4 Å². The number of carbonyl (C=O) groups is 3. The Bertz CT molecular complexity index is 496. The molecular formula is C15H26N4O8. The van der Waals surface area contributed by atoms with Crippen molar-refractivity contribution in [1.29, 1.82) is 0 Å². The summed E-state index contributed by atoms with van der Waals surface area (Å²) in [6.07, 6.45) is 4.30. The van der Waals surface area contributed by atoms with E-state index >= 15 is 0 Å². The number of rotatable bonds is 16. The largest absolute Gasteiger partial charge is 0.516 e. The molecule has 12 nitrogen and oxygen atoms in total. The average Bonchev–Trinajstić information content (AvgIpc) is 2.56. The van der Waals surface area contributed by atoms with Crippen molar-refractivity contribution >= 4 is 17.9 Å². The molecule has 0 atom stereocenters. The van der Waals surface area contributed by atoms with Gasteiger partial charge in [-0.05, 0) is 6.08 Å². The molecule has 27 heavy (non-hydrogen) atoms. The molecule has 0 spiro atoms. The Morgan fingerprint density at radius 2 is 1.22 bits per heavy atom. The van der Waals surface area contributed by atoms with E-state index in [0.29, 0.717) is 6.54 Å². The smallest absolute Gasteiger partial charge is 0.317 e. The minimum atomic E-state index is -1.18. The van der Waals surface area contributed by atoms with Gasteiger partial charge in [-0.3, -0.25) is 24.2 Å². The first-order valence-electron chi connectivity index (χ1n) is 7.98. The zero-order valence-electron chi connectivity index (χ0n) is 14.8. The molecule has 0 aliphatic rings. The van der Waals surface area contributed by atoms with Crippen LogP contribution < -0.4 is 5.43 Å².